The van der Waals surface area contributed by atoms with Crippen LogP contribution in [0.3, 0.4) is 0 Å². The van der Waals surface area contributed by atoms with Crippen LogP contribution in [0.2, 0.25) is 0 Å². The molecule has 1 aromatic rings. The van der Waals surface area contributed by atoms with Crippen molar-refractivity contribution in [1.82, 2.24) is 4.98 Å². The van der Waals surface area contributed by atoms with Crippen molar-refractivity contribution in [2.45, 2.75) is 33.3 Å². The molecule has 2 N–H and O–H groups in total. The van der Waals surface area contributed by atoms with Gasteiger partial charge in [0, 0.05) is 5.38 Å². The minimum Gasteiger partial charge on any atom is -0.461 e. The van der Waals surface area contributed by atoms with Gasteiger partial charge >= 0.3 is 12.1 Å². The van der Waals surface area contributed by atoms with Crippen molar-refractivity contribution in [2.75, 3.05) is 12.3 Å². The monoisotopic (exact) mass is 315 g/mol. The van der Waals surface area contributed by atoms with Gasteiger partial charge in [-0.2, -0.15) is 0 Å². The number of carbonyl (C=O) groups excluding carboxylic acids is 2. The Morgan fingerprint density at radius 1 is 1.43 bits per heavy atom. The fourth-order valence-electron chi connectivity index (χ4n) is 1.14. The molecule has 0 fully saturated rings. The van der Waals surface area contributed by atoms with E-state index in [2.05, 4.69) is 15.0 Å². The van der Waals surface area contributed by atoms with Gasteiger partial charge in [-0.05, 0) is 27.7 Å². The number of esters is 1. The number of hydrogen-bond donors (Lipinski definition) is 1. The molecule has 0 unspecified atom stereocenters. The minimum atomic E-state index is -1.03. The number of carbonyl (C=O) groups is 2. The summed E-state index contributed by atoms with van der Waals surface area (Å²) in [7, 11) is 0. The lowest BCUT2D eigenvalue weighted by Crippen LogP contribution is -2.25. The van der Waals surface area contributed by atoms with Crippen molar-refractivity contribution in [3.63, 3.8) is 0 Å². The van der Waals surface area contributed by atoms with Crippen LogP contribution in [0.1, 0.15) is 33.4 Å². The van der Waals surface area contributed by atoms with Crippen LogP contribution in [0.15, 0.2) is 10.5 Å². The molecule has 0 bridgehead atoms. The highest BCUT2D eigenvalue weighted by molar-refractivity contribution is 7.13. The van der Waals surface area contributed by atoms with Crippen LogP contribution in [-0.2, 0) is 19.1 Å². The van der Waals surface area contributed by atoms with Gasteiger partial charge in [0.25, 0.3) is 0 Å². The highest BCUT2D eigenvalue weighted by atomic mass is 32.1. The maximum absolute atomic E-state index is 11.8. The normalized spacial score (nSPS) is 11.9. The lowest BCUT2D eigenvalue weighted by atomic mass is 10.2. The average molecular weight is 315 g/mol. The van der Waals surface area contributed by atoms with E-state index in [4.69, 9.17) is 15.2 Å². The van der Waals surface area contributed by atoms with Gasteiger partial charge in [-0.1, -0.05) is 5.16 Å². The van der Waals surface area contributed by atoms with E-state index < -0.39 is 17.7 Å². The Morgan fingerprint density at radius 2 is 2.10 bits per heavy atom. The van der Waals surface area contributed by atoms with Gasteiger partial charge in [0.05, 0.1) is 6.61 Å². The quantitative estimate of drug-likeness (QED) is 0.391. The number of anilines is 1. The molecule has 0 aliphatic carbocycles. The van der Waals surface area contributed by atoms with E-state index in [0.717, 1.165) is 11.3 Å². The summed E-state index contributed by atoms with van der Waals surface area (Å²) in [6.07, 6.45) is -1.03. The topological polar surface area (TPSA) is 113 Å². The number of oxime groups is 1. The van der Waals surface area contributed by atoms with Crippen LogP contribution in [-0.4, -0.2) is 35.0 Å². The van der Waals surface area contributed by atoms with Crippen LogP contribution in [0.25, 0.3) is 0 Å². The fraction of sp³-hybridized carbons (Fsp3) is 0.500. The van der Waals surface area contributed by atoms with E-state index in [-0.39, 0.29) is 23.1 Å². The lowest BCUT2D eigenvalue weighted by molar-refractivity contribution is -0.135. The molecule has 0 aromatic carbocycles. The maximum Gasteiger partial charge on any atom is 0.535 e. The van der Waals surface area contributed by atoms with Crippen molar-refractivity contribution in [1.29, 1.82) is 0 Å². The number of ether oxygens (including phenoxy) is 2. The van der Waals surface area contributed by atoms with Crippen LogP contribution in [0, 0.1) is 0 Å². The standard InChI is InChI=1S/C12H17N3O5S/c1-5-18-9(16)8(7-6-21-10(13)14-7)15-20-11(17)19-12(2,3)4/h6H,5H2,1-4H3,(H2,13,14). The SMILES string of the molecule is CCOC(=O)C(=NOC(=O)OC(C)(C)C)c1csc(N)n1. The van der Waals surface area contributed by atoms with Crippen LogP contribution >= 0.6 is 11.3 Å². The zero-order valence-electron chi connectivity index (χ0n) is 12.2. The largest absolute Gasteiger partial charge is 0.535 e. The van der Waals surface area contributed by atoms with Gasteiger partial charge < -0.3 is 15.2 Å². The molecular weight excluding hydrogens is 298 g/mol. The predicted molar refractivity (Wildman–Crippen MR) is 77.0 cm³/mol. The minimum absolute atomic E-state index is 0.143. The third kappa shape index (κ3) is 5.78. The summed E-state index contributed by atoms with van der Waals surface area (Å²) >= 11 is 1.12. The summed E-state index contributed by atoms with van der Waals surface area (Å²) in [5, 5.41) is 5.22. The van der Waals surface area contributed by atoms with Gasteiger partial charge in [0.2, 0.25) is 5.71 Å². The number of aromatic nitrogens is 1. The summed E-state index contributed by atoms with van der Waals surface area (Å²) < 4.78 is 9.73. The average Bonchev–Trinajstić information content (AvgIpc) is 2.74. The Hall–Kier alpha value is -2.16. The van der Waals surface area contributed by atoms with E-state index >= 15 is 0 Å². The number of rotatable bonds is 4. The Labute approximate surface area is 125 Å². The summed E-state index contributed by atoms with van der Waals surface area (Å²) in [6, 6.07) is 0. The predicted octanol–water partition coefficient (Wildman–Crippen LogP) is 1.94. The van der Waals surface area contributed by atoms with E-state index in [1.165, 1.54) is 5.38 Å². The van der Waals surface area contributed by atoms with E-state index in [0.29, 0.717) is 0 Å². The molecular formula is C12H17N3O5S. The molecule has 0 atom stereocenters. The molecule has 0 aliphatic heterocycles. The Kier molecular flexibility index (Phi) is 5.65. The second-order valence-corrected chi connectivity index (χ2v) is 5.68. The first kappa shape index (κ1) is 16.9. The van der Waals surface area contributed by atoms with Gasteiger partial charge in [-0.3, -0.25) is 4.84 Å². The highest BCUT2D eigenvalue weighted by Gasteiger charge is 2.22. The number of thiazole rings is 1. The molecule has 0 amide bonds. The maximum atomic E-state index is 11.8. The number of nitrogen functional groups attached to an aromatic ring is 1. The van der Waals surface area contributed by atoms with E-state index in [9.17, 15) is 9.59 Å². The Bertz CT molecular complexity index is 547. The number of nitrogens with two attached hydrogens (primary N) is 1. The van der Waals surface area contributed by atoms with Crippen molar-refractivity contribution in [3.05, 3.63) is 11.1 Å². The molecule has 0 spiro atoms. The fourth-order valence-corrected chi connectivity index (χ4v) is 1.68. The zero-order chi connectivity index (χ0) is 16.0. The molecule has 1 heterocycles. The Balaban J connectivity index is 2.89. The first-order valence-electron chi connectivity index (χ1n) is 6.09. The summed E-state index contributed by atoms with van der Waals surface area (Å²) in [6.45, 7) is 6.80. The molecule has 116 valence electrons. The Morgan fingerprint density at radius 3 is 2.57 bits per heavy atom. The number of nitrogens with zero attached hydrogens (tertiary/aromatic N) is 2. The smallest absolute Gasteiger partial charge is 0.461 e. The van der Waals surface area contributed by atoms with Crippen LogP contribution < -0.4 is 5.73 Å². The van der Waals surface area contributed by atoms with Crippen molar-refractivity contribution in [2.24, 2.45) is 5.16 Å². The second-order valence-electron chi connectivity index (χ2n) is 4.79. The number of hydrogen-bond acceptors (Lipinski definition) is 9. The molecule has 0 radical (unpaired) electrons. The summed E-state index contributed by atoms with van der Waals surface area (Å²) in [5.41, 5.74) is 4.68. The van der Waals surface area contributed by atoms with Crippen molar-refractivity contribution in [3.8, 4) is 0 Å². The van der Waals surface area contributed by atoms with E-state index in [1.807, 2.05) is 0 Å². The van der Waals surface area contributed by atoms with Gasteiger partial charge in [-0.25, -0.2) is 14.6 Å². The summed E-state index contributed by atoms with van der Waals surface area (Å²) in [5.74, 6) is -0.772. The molecule has 1 aromatic heterocycles. The molecule has 21 heavy (non-hydrogen) atoms. The molecule has 9 heteroatoms. The van der Waals surface area contributed by atoms with E-state index in [1.54, 1.807) is 27.7 Å². The first-order chi connectivity index (χ1) is 9.73. The highest BCUT2D eigenvalue weighted by Crippen LogP contribution is 2.14. The summed E-state index contributed by atoms with van der Waals surface area (Å²) in [4.78, 5) is 31.7. The zero-order valence-corrected chi connectivity index (χ0v) is 13.0. The molecule has 0 aliphatic rings. The van der Waals surface area contributed by atoms with Gasteiger partial charge in [-0.15, -0.1) is 11.3 Å². The molecule has 0 saturated carbocycles. The molecule has 8 nitrogen and oxygen atoms in total. The van der Waals surface area contributed by atoms with Gasteiger partial charge in [0.1, 0.15) is 11.3 Å². The van der Waals surface area contributed by atoms with Crippen LogP contribution in [0.5, 0.6) is 0 Å². The molecule has 0 saturated heterocycles. The third-order valence-electron chi connectivity index (χ3n) is 1.83. The lowest BCUT2D eigenvalue weighted by Gasteiger charge is -2.17. The second kappa shape index (κ2) is 7.02. The van der Waals surface area contributed by atoms with Gasteiger partial charge in [0.15, 0.2) is 5.13 Å². The van der Waals surface area contributed by atoms with Crippen molar-refractivity contribution < 1.29 is 23.9 Å². The van der Waals surface area contributed by atoms with Crippen LogP contribution in [0.4, 0.5) is 9.93 Å². The first-order valence-corrected chi connectivity index (χ1v) is 6.97. The van der Waals surface area contributed by atoms with Crippen molar-refractivity contribution >= 4 is 34.3 Å². The third-order valence-corrected chi connectivity index (χ3v) is 2.51. The molecule has 1 rings (SSSR count).